The normalized spacial score (nSPS) is 15.1. The predicted octanol–water partition coefficient (Wildman–Crippen LogP) is 1.76. The first kappa shape index (κ1) is 18.5. The van der Waals surface area contributed by atoms with E-state index >= 15 is 0 Å². The smallest absolute Gasteiger partial charge is 0.260 e. The van der Waals surface area contributed by atoms with Gasteiger partial charge in [-0.05, 0) is 12.1 Å². The molecule has 1 aliphatic heterocycles. The number of piperazine rings is 1. The van der Waals surface area contributed by atoms with Gasteiger partial charge in [-0.1, -0.05) is 35.9 Å². The quantitative estimate of drug-likeness (QED) is 0.865. The van der Waals surface area contributed by atoms with Gasteiger partial charge in [-0.25, -0.2) is 0 Å². The van der Waals surface area contributed by atoms with Crippen molar-refractivity contribution in [1.82, 2.24) is 15.1 Å². The predicted molar refractivity (Wildman–Crippen MR) is 102 cm³/mol. The number of carbonyl (C=O) groups excluding carboxylic acids is 2. The molecule has 2 aromatic rings. The fraction of sp³-hybridized carbons (Fsp3) is 0.368. The summed E-state index contributed by atoms with van der Waals surface area (Å²) in [5.74, 6) is 0.586. The van der Waals surface area contributed by atoms with Crippen LogP contribution in [0.1, 0.15) is 0 Å². The lowest BCUT2D eigenvalue weighted by molar-refractivity contribution is -0.135. The fourth-order valence-electron chi connectivity index (χ4n) is 3.03. The number of halogens is 1. The second kappa shape index (κ2) is 8.38. The lowest BCUT2D eigenvalue weighted by Gasteiger charge is -2.34. The molecule has 1 saturated heterocycles. The highest BCUT2D eigenvalue weighted by atomic mass is 35.5. The number of hydrogen-bond acceptors (Lipinski definition) is 4. The topological polar surface area (TPSA) is 61.9 Å². The minimum Gasteiger partial charge on any atom is -0.483 e. The number of fused-ring (bicyclic) bond motifs is 1. The van der Waals surface area contributed by atoms with Crippen LogP contribution < -0.4 is 10.1 Å². The van der Waals surface area contributed by atoms with E-state index in [1.807, 2.05) is 29.2 Å². The third-order valence-electron chi connectivity index (χ3n) is 4.55. The van der Waals surface area contributed by atoms with Gasteiger partial charge in [0.1, 0.15) is 5.75 Å². The van der Waals surface area contributed by atoms with E-state index in [0.717, 1.165) is 10.8 Å². The number of carbonyl (C=O) groups is 2. The lowest BCUT2D eigenvalue weighted by atomic mass is 10.1. The van der Waals surface area contributed by atoms with Crippen molar-refractivity contribution in [3.05, 3.63) is 41.4 Å². The Morgan fingerprint density at radius 2 is 1.77 bits per heavy atom. The molecule has 2 aromatic carbocycles. The first-order chi connectivity index (χ1) is 12.6. The molecule has 2 amide bonds. The molecule has 6 nitrogen and oxygen atoms in total. The van der Waals surface area contributed by atoms with Crippen LogP contribution in [0.5, 0.6) is 5.75 Å². The first-order valence-corrected chi connectivity index (χ1v) is 8.97. The summed E-state index contributed by atoms with van der Waals surface area (Å²) >= 11 is 6.21. The summed E-state index contributed by atoms with van der Waals surface area (Å²) in [6.07, 6.45) is 0. The average molecular weight is 376 g/mol. The highest BCUT2D eigenvalue weighted by Gasteiger charge is 2.22. The highest BCUT2D eigenvalue weighted by Crippen LogP contribution is 2.31. The van der Waals surface area contributed by atoms with Gasteiger partial charge in [-0.15, -0.1) is 0 Å². The molecule has 1 heterocycles. The molecule has 138 valence electrons. The standard InChI is InChI=1S/C19H22ClN3O3/c1-21-18(24)12-22-8-10-23(11-9-22)19(25)13-26-17-7-6-16(20)14-4-2-3-5-15(14)17/h2-7H,8-13H2,1H3,(H,21,24). The number of nitrogens with zero attached hydrogens (tertiary/aromatic N) is 2. The Bertz CT molecular complexity index is 804. The molecule has 26 heavy (non-hydrogen) atoms. The van der Waals surface area contributed by atoms with E-state index in [0.29, 0.717) is 43.5 Å². The summed E-state index contributed by atoms with van der Waals surface area (Å²) < 4.78 is 5.77. The van der Waals surface area contributed by atoms with E-state index in [1.165, 1.54) is 0 Å². The Labute approximate surface area is 157 Å². The SMILES string of the molecule is CNC(=O)CN1CCN(C(=O)COc2ccc(Cl)c3ccccc23)CC1. The molecule has 1 fully saturated rings. The Hall–Kier alpha value is -2.31. The number of benzene rings is 2. The van der Waals surface area contributed by atoms with Gasteiger partial charge in [0, 0.05) is 49.0 Å². The maximum atomic E-state index is 12.4. The van der Waals surface area contributed by atoms with Crippen molar-refractivity contribution in [2.75, 3.05) is 46.4 Å². The van der Waals surface area contributed by atoms with Gasteiger partial charge in [0.2, 0.25) is 5.91 Å². The van der Waals surface area contributed by atoms with Crippen LogP contribution >= 0.6 is 11.6 Å². The minimum absolute atomic E-state index is 0.0114. The molecule has 3 rings (SSSR count). The molecule has 1 aliphatic rings. The second-order valence-corrected chi connectivity index (χ2v) is 6.62. The van der Waals surface area contributed by atoms with Crippen LogP contribution in [-0.4, -0.2) is 68.0 Å². The van der Waals surface area contributed by atoms with Crippen molar-refractivity contribution < 1.29 is 14.3 Å². The molecule has 0 aliphatic carbocycles. The van der Waals surface area contributed by atoms with Gasteiger partial charge in [-0.3, -0.25) is 14.5 Å². The molecule has 0 atom stereocenters. The monoisotopic (exact) mass is 375 g/mol. The third-order valence-corrected chi connectivity index (χ3v) is 4.88. The van der Waals surface area contributed by atoms with Crippen molar-refractivity contribution in [1.29, 1.82) is 0 Å². The zero-order valence-corrected chi connectivity index (χ0v) is 15.5. The Kier molecular flexibility index (Phi) is 5.96. The molecule has 7 heteroatoms. The number of hydrogen-bond donors (Lipinski definition) is 1. The van der Waals surface area contributed by atoms with E-state index in [1.54, 1.807) is 24.1 Å². The summed E-state index contributed by atoms with van der Waals surface area (Å²) in [6.45, 7) is 2.92. The summed E-state index contributed by atoms with van der Waals surface area (Å²) in [4.78, 5) is 27.7. The van der Waals surface area contributed by atoms with Crippen LogP contribution in [-0.2, 0) is 9.59 Å². The zero-order chi connectivity index (χ0) is 18.5. The summed E-state index contributed by atoms with van der Waals surface area (Å²) in [5, 5.41) is 5.07. The zero-order valence-electron chi connectivity index (χ0n) is 14.7. The molecule has 0 radical (unpaired) electrons. The Balaban J connectivity index is 1.56. The van der Waals surface area contributed by atoms with Gasteiger partial charge in [0.05, 0.1) is 6.54 Å². The van der Waals surface area contributed by atoms with Crippen molar-refractivity contribution in [3.63, 3.8) is 0 Å². The molecule has 0 spiro atoms. The minimum atomic E-state index is -0.0522. The third kappa shape index (κ3) is 4.26. The van der Waals surface area contributed by atoms with Crippen LogP contribution in [0.2, 0.25) is 5.02 Å². The molecular formula is C19H22ClN3O3. The van der Waals surface area contributed by atoms with Crippen molar-refractivity contribution in [2.45, 2.75) is 0 Å². The molecule has 0 bridgehead atoms. The van der Waals surface area contributed by atoms with Crippen molar-refractivity contribution in [2.24, 2.45) is 0 Å². The number of ether oxygens (including phenoxy) is 1. The highest BCUT2D eigenvalue weighted by molar-refractivity contribution is 6.35. The maximum Gasteiger partial charge on any atom is 0.260 e. The summed E-state index contributed by atoms with van der Waals surface area (Å²) in [5.41, 5.74) is 0. The molecule has 0 aromatic heterocycles. The molecule has 0 unspecified atom stereocenters. The maximum absolute atomic E-state index is 12.4. The summed E-state index contributed by atoms with van der Waals surface area (Å²) in [7, 11) is 1.62. The van der Waals surface area contributed by atoms with Crippen LogP contribution in [0.4, 0.5) is 0 Å². The van der Waals surface area contributed by atoms with E-state index in [9.17, 15) is 9.59 Å². The van der Waals surface area contributed by atoms with E-state index < -0.39 is 0 Å². The van der Waals surface area contributed by atoms with Gasteiger partial charge in [0.25, 0.3) is 5.91 Å². The second-order valence-electron chi connectivity index (χ2n) is 6.21. The number of likely N-dealkylation sites (N-methyl/N-ethyl adjacent to an activating group) is 1. The van der Waals surface area contributed by atoms with Gasteiger partial charge >= 0.3 is 0 Å². The number of nitrogens with one attached hydrogen (secondary N) is 1. The largest absolute Gasteiger partial charge is 0.483 e. The van der Waals surface area contributed by atoms with Crippen molar-refractivity contribution >= 4 is 34.2 Å². The van der Waals surface area contributed by atoms with Crippen LogP contribution in [0.15, 0.2) is 36.4 Å². The first-order valence-electron chi connectivity index (χ1n) is 8.59. The Morgan fingerprint density at radius 1 is 1.08 bits per heavy atom. The van der Waals surface area contributed by atoms with Gasteiger partial charge < -0.3 is 15.0 Å². The van der Waals surface area contributed by atoms with E-state index in [4.69, 9.17) is 16.3 Å². The van der Waals surface area contributed by atoms with Crippen LogP contribution in [0, 0.1) is 0 Å². The lowest BCUT2D eigenvalue weighted by Crippen LogP contribution is -2.51. The van der Waals surface area contributed by atoms with Gasteiger partial charge in [0.15, 0.2) is 6.61 Å². The Morgan fingerprint density at radius 3 is 2.46 bits per heavy atom. The fourth-order valence-corrected chi connectivity index (χ4v) is 3.26. The summed E-state index contributed by atoms with van der Waals surface area (Å²) in [6, 6.07) is 11.3. The van der Waals surface area contributed by atoms with Gasteiger partial charge in [-0.2, -0.15) is 0 Å². The average Bonchev–Trinajstić information content (AvgIpc) is 2.68. The molecule has 0 saturated carbocycles. The number of amides is 2. The molecular weight excluding hydrogens is 354 g/mol. The molecule has 1 N–H and O–H groups in total. The van der Waals surface area contributed by atoms with Crippen LogP contribution in [0.3, 0.4) is 0 Å². The van der Waals surface area contributed by atoms with E-state index in [-0.39, 0.29) is 18.4 Å². The number of rotatable bonds is 5. The van der Waals surface area contributed by atoms with Crippen molar-refractivity contribution in [3.8, 4) is 5.75 Å². The van der Waals surface area contributed by atoms with E-state index in [2.05, 4.69) is 5.32 Å². The van der Waals surface area contributed by atoms with Crippen LogP contribution in [0.25, 0.3) is 10.8 Å².